The van der Waals surface area contributed by atoms with E-state index in [0.29, 0.717) is 47.4 Å². The number of thiazole rings is 1. The molecule has 1 aromatic heterocycles. The molecule has 1 amide bonds. The molecule has 178 valence electrons. The minimum Gasteiger partial charge on any atom is -0.497 e. The first-order chi connectivity index (χ1) is 16.1. The van der Waals surface area contributed by atoms with E-state index in [1.807, 2.05) is 39.0 Å². The lowest BCUT2D eigenvalue weighted by Crippen LogP contribution is -2.18. The lowest BCUT2D eigenvalue weighted by molar-refractivity contribution is 0.0996. The Kier molecular flexibility index (Phi) is 9.08. The Morgan fingerprint density at radius 1 is 1.03 bits per heavy atom. The molecule has 33 heavy (non-hydrogen) atoms. The molecule has 0 N–H and O–H groups in total. The van der Waals surface area contributed by atoms with Gasteiger partial charge < -0.3 is 23.5 Å². The van der Waals surface area contributed by atoms with Crippen LogP contribution in [0.4, 0.5) is 0 Å². The van der Waals surface area contributed by atoms with Crippen molar-refractivity contribution in [3.05, 3.63) is 40.7 Å². The number of methoxy groups -OCH3 is 1. The van der Waals surface area contributed by atoms with Gasteiger partial charge in [0.15, 0.2) is 16.3 Å². The van der Waals surface area contributed by atoms with Crippen molar-refractivity contribution in [1.29, 1.82) is 0 Å². The average molecular weight is 491 g/mol. The zero-order valence-corrected chi connectivity index (χ0v) is 21.3. The third-order valence-corrected chi connectivity index (χ3v) is 6.41. The summed E-state index contributed by atoms with van der Waals surface area (Å²) in [4.78, 5) is 18.4. The number of aromatic nitrogens is 1. The van der Waals surface area contributed by atoms with Crippen molar-refractivity contribution in [2.75, 3.05) is 38.9 Å². The maximum atomic E-state index is 13.3. The fourth-order valence-corrected chi connectivity index (χ4v) is 4.72. The molecule has 0 spiro atoms. The van der Waals surface area contributed by atoms with E-state index in [1.165, 1.54) is 11.3 Å². The summed E-state index contributed by atoms with van der Waals surface area (Å²) in [7, 11) is 1.65. The van der Waals surface area contributed by atoms with E-state index in [1.54, 1.807) is 31.0 Å². The Hall–Kier alpha value is -2.65. The SMILES string of the molecule is CCOc1cc(C(=O)N=c2sc3ccc(OC)cc3n2CCSC)cc(OCC)c1OCC. The molecular formula is C24H30N2O5S2. The van der Waals surface area contributed by atoms with Crippen molar-refractivity contribution >= 4 is 39.2 Å². The summed E-state index contributed by atoms with van der Waals surface area (Å²) < 4.78 is 25.7. The number of hydrogen-bond donors (Lipinski definition) is 0. The van der Waals surface area contributed by atoms with Gasteiger partial charge in [-0.1, -0.05) is 11.3 Å². The number of carbonyl (C=O) groups excluding carboxylic acids is 1. The molecule has 7 nitrogen and oxygen atoms in total. The molecule has 0 fully saturated rings. The predicted molar refractivity (Wildman–Crippen MR) is 135 cm³/mol. The highest BCUT2D eigenvalue weighted by molar-refractivity contribution is 7.98. The Morgan fingerprint density at radius 3 is 2.27 bits per heavy atom. The van der Waals surface area contributed by atoms with Gasteiger partial charge >= 0.3 is 0 Å². The van der Waals surface area contributed by atoms with Crippen molar-refractivity contribution in [3.63, 3.8) is 0 Å². The van der Waals surface area contributed by atoms with Crippen LogP contribution in [-0.4, -0.2) is 49.4 Å². The van der Waals surface area contributed by atoms with Gasteiger partial charge in [-0.15, -0.1) is 0 Å². The molecule has 0 unspecified atom stereocenters. The Balaban J connectivity index is 2.12. The molecule has 0 aliphatic carbocycles. The third-order valence-electron chi connectivity index (χ3n) is 4.76. The summed E-state index contributed by atoms with van der Waals surface area (Å²) in [6.07, 6.45) is 2.06. The highest BCUT2D eigenvalue weighted by atomic mass is 32.2. The maximum absolute atomic E-state index is 13.3. The maximum Gasteiger partial charge on any atom is 0.279 e. The number of benzene rings is 2. The lowest BCUT2D eigenvalue weighted by Gasteiger charge is -2.16. The minimum atomic E-state index is -0.364. The third kappa shape index (κ3) is 5.83. The van der Waals surface area contributed by atoms with E-state index in [-0.39, 0.29) is 5.91 Å². The molecule has 0 saturated heterocycles. The minimum absolute atomic E-state index is 0.364. The van der Waals surface area contributed by atoms with Gasteiger partial charge in [-0.2, -0.15) is 16.8 Å². The van der Waals surface area contributed by atoms with Crippen LogP contribution in [0.3, 0.4) is 0 Å². The first-order valence-corrected chi connectivity index (χ1v) is 13.1. The fraction of sp³-hybridized carbons (Fsp3) is 0.417. The van der Waals surface area contributed by atoms with Gasteiger partial charge in [0.1, 0.15) is 5.75 Å². The molecule has 0 bridgehead atoms. The molecule has 0 atom stereocenters. The van der Waals surface area contributed by atoms with Gasteiger partial charge in [0.05, 0.1) is 37.1 Å². The highest BCUT2D eigenvalue weighted by Crippen LogP contribution is 2.39. The number of fused-ring (bicyclic) bond motifs is 1. The van der Waals surface area contributed by atoms with Gasteiger partial charge in [-0.25, -0.2) is 0 Å². The van der Waals surface area contributed by atoms with E-state index in [4.69, 9.17) is 18.9 Å². The second kappa shape index (κ2) is 12.0. The summed E-state index contributed by atoms with van der Waals surface area (Å²) in [5.74, 6) is 2.75. The standard InChI is InChI=1S/C24H30N2O5S2/c1-6-29-19-13-16(14-20(30-7-2)22(19)31-8-3)23(27)25-24-26(11-12-32-5)18-15-17(28-4)9-10-21(18)33-24/h9-10,13-15H,6-8,11-12H2,1-5H3. The summed E-state index contributed by atoms with van der Waals surface area (Å²) in [6.45, 7) is 7.73. The molecular weight excluding hydrogens is 460 g/mol. The van der Waals surface area contributed by atoms with Crippen LogP contribution in [0.15, 0.2) is 35.3 Å². The van der Waals surface area contributed by atoms with Gasteiger partial charge in [-0.05, 0) is 51.3 Å². The Labute approximate surface area is 202 Å². The van der Waals surface area contributed by atoms with E-state index < -0.39 is 0 Å². The molecule has 3 rings (SSSR count). The van der Waals surface area contributed by atoms with Gasteiger partial charge in [0.25, 0.3) is 5.91 Å². The van der Waals surface area contributed by atoms with E-state index in [0.717, 1.165) is 28.3 Å². The van der Waals surface area contributed by atoms with Crippen LogP contribution in [0.2, 0.25) is 0 Å². The van der Waals surface area contributed by atoms with E-state index >= 15 is 0 Å². The topological polar surface area (TPSA) is 71.3 Å². The Morgan fingerprint density at radius 2 is 1.70 bits per heavy atom. The van der Waals surface area contributed by atoms with Gasteiger partial charge in [0, 0.05) is 23.9 Å². The van der Waals surface area contributed by atoms with Crippen molar-refractivity contribution in [2.24, 2.45) is 4.99 Å². The van der Waals surface area contributed by atoms with Gasteiger partial charge in [0.2, 0.25) is 5.75 Å². The monoisotopic (exact) mass is 490 g/mol. The van der Waals surface area contributed by atoms with Crippen LogP contribution in [0.1, 0.15) is 31.1 Å². The van der Waals surface area contributed by atoms with Gasteiger partial charge in [-0.3, -0.25) is 4.79 Å². The molecule has 2 aromatic carbocycles. The number of thioether (sulfide) groups is 1. The number of ether oxygens (including phenoxy) is 4. The van der Waals surface area contributed by atoms with Crippen molar-refractivity contribution in [2.45, 2.75) is 27.3 Å². The molecule has 3 aromatic rings. The first-order valence-electron chi connectivity index (χ1n) is 10.9. The van der Waals surface area contributed by atoms with Crippen LogP contribution < -0.4 is 23.7 Å². The molecule has 0 radical (unpaired) electrons. The van der Waals surface area contributed by atoms with Crippen LogP contribution in [0.25, 0.3) is 10.2 Å². The van der Waals surface area contributed by atoms with Crippen LogP contribution >= 0.6 is 23.1 Å². The zero-order valence-electron chi connectivity index (χ0n) is 19.7. The molecule has 1 heterocycles. The first kappa shape index (κ1) is 25.0. The fourth-order valence-electron chi connectivity index (χ4n) is 3.32. The second-order valence-electron chi connectivity index (χ2n) is 6.88. The second-order valence-corrected chi connectivity index (χ2v) is 8.88. The van der Waals surface area contributed by atoms with E-state index in [9.17, 15) is 4.79 Å². The summed E-state index contributed by atoms with van der Waals surface area (Å²) >= 11 is 3.22. The number of amides is 1. The molecule has 0 saturated carbocycles. The molecule has 9 heteroatoms. The van der Waals surface area contributed by atoms with Crippen LogP contribution in [-0.2, 0) is 6.54 Å². The highest BCUT2D eigenvalue weighted by Gasteiger charge is 2.19. The van der Waals surface area contributed by atoms with Crippen molar-refractivity contribution in [1.82, 2.24) is 4.57 Å². The average Bonchev–Trinajstić information content (AvgIpc) is 3.15. The molecule has 0 aliphatic heterocycles. The summed E-state index contributed by atoms with van der Waals surface area (Å²) in [5.41, 5.74) is 1.38. The number of hydrogen-bond acceptors (Lipinski definition) is 7. The zero-order chi connectivity index (χ0) is 23.8. The smallest absolute Gasteiger partial charge is 0.279 e. The number of rotatable bonds is 11. The predicted octanol–water partition coefficient (Wildman–Crippen LogP) is 5.01. The number of aryl methyl sites for hydroxylation is 1. The van der Waals surface area contributed by atoms with Crippen LogP contribution in [0.5, 0.6) is 23.0 Å². The Bertz CT molecular complexity index is 1140. The van der Waals surface area contributed by atoms with Crippen molar-refractivity contribution in [3.8, 4) is 23.0 Å². The summed E-state index contributed by atoms with van der Waals surface area (Å²) in [6, 6.07) is 9.23. The largest absolute Gasteiger partial charge is 0.497 e. The number of carbonyl (C=O) groups is 1. The summed E-state index contributed by atoms with van der Waals surface area (Å²) in [5, 5.41) is 0. The van der Waals surface area contributed by atoms with Crippen molar-refractivity contribution < 1.29 is 23.7 Å². The quantitative estimate of drug-likeness (QED) is 0.376. The van der Waals surface area contributed by atoms with Crippen LogP contribution in [0, 0.1) is 0 Å². The van der Waals surface area contributed by atoms with E-state index in [2.05, 4.69) is 15.8 Å². The molecule has 0 aliphatic rings. The lowest BCUT2D eigenvalue weighted by atomic mass is 10.1. The number of nitrogens with zero attached hydrogens (tertiary/aromatic N) is 2. The normalized spacial score (nSPS) is 11.6.